The summed E-state index contributed by atoms with van der Waals surface area (Å²) in [5.74, 6) is 0.806. The van der Waals surface area contributed by atoms with Crippen LogP contribution in [0.25, 0.3) is 0 Å². The van der Waals surface area contributed by atoms with Crippen LogP contribution in [0.1, 0.15) is 11.1 Å². The molecule has 0 radical (unpaired) electrons. The highest BCUT2D eigenvalue weighted by Gasteiger charge is 2.10. The monoisotopic (exact) mass is 257 g/mol. The van der Waals surface area contributed by atoms with Crippen LogP contribution in [-0.2, 0) is 6.42 Å². The lowest BCUT2D eigenvalue weighted by Crippen LogP contribution is -2.13. The highest BCUT2D eigenvalue weighted by atomic mass is 16.5. The Morgan fingerprint density at radius 3 is 2.79 bits per heavy atom. The van der Waals surface area contributed by atoms with Crippen molar-refractivity contribution in [1.29, 1.82) is 5.41 Å². The summed E-state index contributed by atoms with van der Waals surface area (Å²) in [6, 6.07) is 10.8. The number of para-hydroxylation sites is 1. The number of nitrogens with two attached hydrogens (primary N) is 1. The maximum atomic E-state index is 9.03. The molecule has 2 aromatic rings. The SMILES string of the molecule is N=C(N)c1cccnc1Oc1ccccc1CCO. The Balaban J connectivity index is 2.34. The van der Waals surface area contributed by atoms with E-state index in [2.05, 4.69) is 4.98 Å². The van der Waals surface area contributed by atoms with Crippen LogP contribution in [0.3, 0.4) is 0 Å². The van der Waals surface area contributed by atoms with Gasteiger partial charge in [-0.3, -0.25) is 5.41 Å². The lowest BCUT2D eigenvalue weighted by Gasteiger charge is -2.11. The van der Waals surface area contributed by atoms with E-state index in [1.807, 2.05) is 18.2 Å². The van der Waals surface area contributed by atoms with Gasteiger partial charge in [0, 0.05) is 12.8 Å². The molecular weight excluding hydrogens is 242 g/mol. The molecule has 0 fully saturated rings. The van der Waals surface area contributed by atoms with Gasteiger partial charge in [-0.1, -0.05) is 18.2 Å². The van der Waals surface area contributed by atoms with Crippen LogP contribution in [0.5, 0.6) is 11.6 Å². The van der Waals surface area contributed by atoms with Gasteiger partial charge < -0.3 is 15.6 Å². The molecule has 2 rings (SSSR count). The molecule has 1 aromatic heterocycles. The number of nitrogens with zero attached hydrogens (tertiary/aromatic N) is 1. The van der Waals surface area contributed by atoms with Crippen LogP contribution < -0.4 is 10.5 Å². The second kappa shape index (κ2) is 5.97. The zero-order valence-electron chi connectivity index (χ0n) is 10.3. The molecule has 0 saturated heterocycles. The van der Waals surface area contributed by atoms with E-state index in [1.165, 1.54) is 0 Å². The lowest BCUT2D eigenvalue weighted by molar-refractivity contribution is 0.297. The molecule has 19 heavy (non-hydrogen) atoms. The quantitative estimate of drug-likeness (QED) is 0.561. The topological polar surface area (TPSA) is 92.2 Å². The fourth-order valence-corrected chi connectivity index (χ4v) is 1.71. The van der Waals surface area contributed by atoms with E-state index in [4.69, 9.17) is 21.0 Å². The summed E-state index contributed by atoms with van der Waals surface area (Å²) in [5, 5.41) is 16.5. The molecule has 0 aliphatic rings. The average Bonchev–Trinajstić information content (AvgIpc) is 2.42. The Morgan fingerprint density at radius 1 is 1.26 bits per heavy atom. The van der Waals surface area contributed by atoms with Gasteiger partial charge in [0.1, 0.15) is 11.6 Å². The first-order valence-corrected chi connectivity index (χ1v) is 5.88. The second-order valence-corrected chi connectivity index (χ2v) is 3.95. The van der Waals surface area contributed by atoms with Gasteiger partial charge in [0.25, 0.3) is 0 Å². The predicted octanol–water partition coefficient (Wildman–Crippen LogP) is 1.69. The van der Waals surface area contributed by atoms with E-state index in [0.717, 1.165) is 5.56 Å². The second-order valence-electron chi connectivity index (χ2n) is 3.95. The average molecular weight is 257 g/mol. The first-order chi connectivity index (χ1) is 9.22. The fourth-order valence-electron chi connectivity index (χ4n) is 1.71. The maximum Gasteiger partial charge on any atom is 0.230 e. The summed E-state index contributed by atoms with van der Waals surface area (Å²) < 4.78 is 5.71. The summed E-state index contributed by atoms with van der Waals surface area (Å²) in [7, 11) is 0. The Morgan fingerprint density at radius 2 is 2.05 bits per heavy atom. The van der Waals surface area contributed by atoms with Crippen LogP contribution in [-0.4, -0.2) is 22.5 Å². The van der Waals surface area contributed by atoms with Gasteiger partial charge in [0.15, 0.2) is 0 Å². The molecule has 0 saturated carbocycles. The summed E-state index contributed by atoms with van der Waals surface area (Å²) in [4.78, 5) is 4.09. The van der Waals surface area contributed by atoms with Crippen LogP contribution in [0.2, 0.25) is 0 Å². The van der Waals surface area contributed by atoms with Crippen molar-refractivity contribution in [2.24, 2.45) is 5.73 Å². The van der Waals surface area contributed by atoms with Gasteiger partial charge in [-0.2, -0.15) is 0 Å². The minimum Gasteiger partial charge on any atom is -0.438 e. The van der Waals surface area contributed by atoms with Gasteiger partial charge in [0.05, 0.1) is 5.56 Å². The Labute approximate surface area is 111 Å². The van der Waals surface area contributed by atoms with Crippen molar-refractivity contribution < 1.29 is 9.84 Å². The van der Waals surface area contributed by atoms with Gasteiger partial charge >= 0.3 is 0 Å². The molecule has 1 aromatic carbocycles. The van der Waals surface area contributed by atoms with Crippen molar-refractivity contribution >= 4 is 5.84 Å². The number of pyridine rings is 1. The van der Waals surface area contributed by atoms with Crippen molar-refractivity contribution in [2.45, 2.75) is 6.42 Å². The Hall–Kier alpha value is -2.40. The number of benzene rings is 1. The Kier molecular flexibility index (Phi) is 4.10. The molecule has 0 spiro atoms. The number of hydrogen-bond acceptors (Lipinski definition) is 4. The molecule has 0 unspecified atom stereocenters. The zero-order chi connectivity index (χ0) is 13.7. The molecular formula is C14H15N3O2. The molecule has 5 heteroatoms. The van der Waals surface area contributed by atoms with Gasteiger partial charge in [-0.25, -0.2) is 4.98 Å². The van der Waals surface area contributed by atoms with E-state index in [0.29, 0.717) is 23.6 Å². The van der Waals surface area contributed by atoms with Crippen LogP contribution in [0, 0.1) is 5.41 Å². The summed E-state index contributed by atoms with van der Waals surface area (Å²) in [6.07, 6.45) is 2.08. The molecule has 98 valence electrons. The van der Waals surface area contributed by atoms with E-state index in [1.54, 1.807) is 24.4 Å². The summed E-state index contributed by atoms with van der Waals surface area (Å²) in [5.41, 5.74) is 6.81. The number of amidine groups is 1. The highest BCUT2D eigenvalue weighted by molar-refractivity contribution is 5.97. The van der Waals surface area contributed by atoms with Gasteiger partial charge in [-0.15, -0.1) is 0 Å². The fraction of sp³-hybridized carbons (Fsp3) is 0.143. The normalized spacial score (nSPS) is 10.2. The van der Waals surface area contributed by atoms with Crippen LogP contribution >= 0.6 is 0 Å². The molecule has 0 aliphatic heterocycles. The summed E-state index contributed by atoms with van der Waals surface area (Å²) >= 11 is 0. The van der Waals surface area contributed by atoms with E-state index in [9.17, 15) is 0 Å². The van der Waals surface area contributed by atoms with Crippen molar-refractivity contribution in [1.82, 2.24) is 4.98 Å². The molecule has 0 bridgehead atoms. The standard InChI is InChI=1S/C14H15N3O2/c15-13(16)11-5-3-8-17-14(11)19-12-6-2-1-4-10(12)7-9-18/h1-6,8,18H,7,9H2,(H3,15,16). The first kappa shape index (κ1) is 13.0. The minimum absolute atomic E-state index is 0.0438. The third-order valence-electron chi connectivity index (χ3n) is 2.62. The molecule has 5 nitrogen and oxygen atoms in total. The van der Waals surface area contributed by atoms with Crippen molar-refractivity contribution in [3.8, 4) is 11.6 Å². The molecule has 1 heterocycles. The number of nitrogens with one attached hydrogen (secondary N) is 1. The highest BCUT2D eigenvalue weighted by Crippen LogP contribution is 2.26. The van der Waals surface area contributed by atoms with E-state index in [-0.39, 0.29) is 12.4 Å². The number of hydrogen-bond donors (Lipinski definition) is 3. The number of rotatable bonds is 5. The number of ether oxygens (including phenoxy) is 1. The first-order valence-electron chi connectivity index (χ1n) is 5.88. The van der Waals surface area contributed by atoms with Crippen LogP contribution in [0.15, 0.2) is 42.6 Å². The third-order valence-corrected chi connectivity index (χ3v) is 2.62. The van der Waals surface area contributed by atoms with E-state index >= 15 is 0 Å². The van der Waals surface area contributed by atoms with Crippen molar-refractivity contribution in [3.63, 3.8) is 0 Å². The van der Waals surface area contributed by atoms with Crippen molar-refractivity contribution in [2.75, 3.05) is 6.61 Å². The third kappa shape index (κ3) is 3.08. The number of aliphatic hydroxyl groups excluding tert-OH is 1. The van der Waals surface area contributed by atoms with Gasteiger partial charge in [-0.05, 0) is 30.2 Å². The lowest BCUT2D eigenvalue weighted by atomic mass is 10.1. The molecule has 0 aliphatic carbocycles. The minimum atomic E-state index is -0.0947. The predicted molar refractivity (Wildman–Crippen MR) is 72.6 cm³/mol. The van der Waals surface area contributed by atoms with Crippen LogP contribution in [0.4, 0.5) is 0 Å². The zero-order valence-corrected chi connectivity index (χ0v) is 10.3. The molecule has 0 atom stereocenters. The van der Waals surface area contributed by atoms with Crippen molar-refractivity contribution in [3.05, 3.63) is 53.7 Å². The van der Waals surface area contributed by atoms with E-state index < -0.39 is 0 Å². The van der Waals surface area contributed by atoms with Gasteiger partial charge in [0.2, 0.25) is 5.88 Å². The maximum absolute atomic E-state index is 9.03. The Bertz CT molecular complexity index is 584. The molecule has 0 amide bonds. The number of nitrogen functional groups attached to an aromatic ring is 1. The molecule has 4 N–H and O–H groups in total. The smallest absolute Gasteiger partial charge is 0.230 e. The summed E-state index contributed by atoms with van der Waals surface area (Å²) in [6.45, 7) is 0.0438. The number of aliphatic hydroxyl groups is 1. The number of aromatic nitrogens is 1. The largest absolute Gasteiger partial charge is 0.438 e.